The lowest BCUT2D eigenvalue weighted by Crippen LogP contribution is -2.07. The molecule has 2 N–H and O–H groups in total. The van der Waals surface area contributed by atoms with Gasteiger partial charge in [0.15, 0.2) is 0 Å². The Bertz CT molecular complexity index is 448. The van der Waals surface area contributed by atoms with Crippen molar-refractivity contribution in [2.24, 2.45) is 0 Å². The summed E-state index contributed by atoms with van der Waals surface area (Å²) in [6, 6.07) is -3.41. The van der Waals surface area contributed by atoms with Crippen molar-refractivity contribution in [2.45, 2.75) is 13.0 Å². The molecule has 0 saturated heterocycles. The van der Waals surface area contributed by atoms with Gasteiger partial charge in [0, 0.05) is 9.80 Å². The quantitative estimate of drug-likeness (QED) is 0.611. The van der Waals surface area contributed by atoms with Crippen LogP contribution in [0.5, 0.6) is 0 Å². The number of alkyl halides is 3. The van der Waals surface area contributed by atoms with Crippen LogP contribution in [0.15, 0.2) is 18.1 Å². The molecule has 0 heterocycles. The van der Waals surface area contributed by atoms with Crippen molar-refractivity contribution in [3.8, 4) is 0 Å². The first-order chi connectivity index (χ1) is 7.89. The number of halogens is 3. The van der Waals surface area contributed by atoms with Crippen molar-refractivity contribution >= 4 is 5.69 Å². The molecule has 0 atom stereocenters. The van der Waals surface area contributed by atoms with E-state index in [1.165, 1.54) is 0 Å². The molecule has 4 heteroatoms. The van der Waals surface area contributed by atoms with E-state index in [1.807, 2.05) is 0 Å². The number of rotatable bonds is 0. The van der Waals surface area contributed by atoms with Crippen molar-refractivity contribution in [2.75, 3.05) is 5.73 Å². The number of hydrogen-bond acceptors (Lipinski definition) is 1. The molecule has 0 aliphatic carbocycles. The van der Waals surface area contributed by atoms with E-state index in [0.717, 1.165) is 0 Å². The third kappa shape index (κ3) is 1.69. The van der Waals surface area contributed by atoms with Crippen LogP contribution in [-0.4, -0.2) is 0 Å². The molecule has 0 spiro atoms. The molecule has 0 aliphatic heterocycles. The average Bonchev–Trinajstić information content (AvgIpc) is 2.16. The molecule has 0 fully saturated rings. The molecule has 1 rings (SSSR count). The van der Waals surface area contributed by atoms with Gasteiger partial charge in [-0.3, -0.25) is 0 Å². The third-order valence-corrected chi connectivity index (χ3v) is 1.12. The second-order valence-corrected chi connectivity index (χ2v) is 2.04. The molecule has 1 nitrogen and oxygen atoms in total. The van der Waals surface area contributed by atoms with E-state index in [4.69, 9.17) is 14.0 Å². The summed E-state index contributed by atoms with van der Waals surface area (Å²) in [4.78, 5) is 0. The van der Waals surface area contributed by atoms with Crippen LogP contribution in [0.25, 0.3) is 0 Å². The molecule has 0 amide bonds. The van der Waals surface area contributed by atoms with Gasteiger partial charge in [-0.15, -0.1) is 0 Å². The van der Waals surface area contributed by atoms with Gasteiger partial charge >= 0.3 is 6.18 Å². The van der Waals surface area contributed by atoms with Crippen molar-refractivity contribution in [1.29, 1.82) is 0 Å². The molecular weight excluding hydrogens is 167 g/mol. The molecule has 66 valence electrons. The van der Waals surface area contributed by atoms with Gasteiger partial charge in [0.1, 0.15) is 0 Å². The maximum atomic E-state index is 12.8. The zero-order chi connectivity index (χ0) is 14.5. The number of nitrogen functional groups attached to an aromatic ring is 1. The fraction of sp³-hybridized carbons (Fsp3) is 0.250. The Morgan fingerprint density at radius 2 is 2.17 bits per heavy atom. The number of hydrogen-bond donors (Lipinski definition) is 1. The predicted octanol–water partition coefficient (Wildman–Crippen LogP) is 2.60. The SMILES string of the molecule is [2H]c1c([2H])c(C(F)(F)F)c(C([2H])([2H])[2H])c([2H])c1N. The average molecular weight is 181 g/mol. The first-order valence-electron chi connectivity index (χ1n) is 5.86. The van der Waals surface area contributed by atoms with Gasteiger partial charge in [-0.25, -0.2) is 0 Å². The minimum atomic E-state index is -5.14. The van der Waals surface area contributed by atoms with Gasteiger partial charge < -0.3 is 5.73 Å². The van der Waals surface area contributed by atoms with E-state index >= 15 is 0 Å². The monoisotopic (exact) mass is 181 g/mol. The highest BCUT2D eigenvalue weighted by Gasteiger charge is 2.31. The second kappa shape index (κ2) is 2.69. The Hall–Kier alpha value is -1.19. The fourth-order valence-electron chi connectivity index (χ4n) is 0.633. The zero-order valence-corrected chi connectivity index (χ0v) is 5.71. The van der Waals surface area contributed by atoms with Gasteiger partial charge in [-0.05, 0) is 30.5 Å². The summed E-state index contributed by atoms with van der Waals surface area (Å²) in [6.07, 6.45) is -5.14. The molecule has 0 unspecified atom stereocenters. The van der Waals surface area contributed by atoms with Gasteiger partial charge in [-0.2, -0.15) is 13.2 Å². The first kappa shape index (κ1) is 3.68. The first-order valence-corrected chi connectivity index (χ1v) is 2.86. The Morgan fingerprint density at radius 3 is 2.67 bits per heavy atom. The van der Waals surface area contributed by atoms with Crippen LogP contribution in [-0.2, 0) is 6.18 Å². The van der Waals surface area contributed by atoms with Crippen molar-refractivity contribution in [3.63, 3.8) is 0 Å². The topological polar surface area (TPSA) is 26.0 Å². The summed E-state index contributed by atoms with van der Waals surface area (Å²) >= 11 is 0. The van der Waals surface area contributed by atoms with Gasteiger partial charge in [-0.1, -0.05) is 0 Å². The summed E-state index contributed by atoms with van der Waals surface area (Å²) < 4.78 is 81.0. The van der Waals surface area contributed by atoms with Crippen LogP contribution in [0.2, 0.25) is 0 Å². The lowest BCUT2D eigenvalue weighted by molar-refractivity contribution is -0.138. The maximum Gasteiger partial charge on any atom is 0.416 e. The fourth-order valence-corrected chi connectivity index (χ4v) is 0.633. The summed E-state index contributed by atoms with van der Waals surface area (Å²) in [5, 5.41) is 0. The van der Waals surface area contributed by atoms with Crippen LogP contribution in [0.4, 0.5) is 18.9 Å². The third-order valence-electron chi connectivity index (χ3n) is 1.12. The lowest BCUT2D eigenvalue weighted by Gasteiger charge is -2.09. The van der Waals surface area contributed by atoms with Crippen LogP contribution >= 0.6 is 0 Å². The molecule has 1 aromatic rings. The normalized spacial score (nSPS) is 19.9. The minimum absolute atomic E-state index is 0.751. The number of anilines is 1. The molecule has 0 bridgehead atoms. The van der Waals surface area contributed by atoms with Crippen molar-refractivity contribution in [3.05, 3.63) is 29.3 Å². The summed E-state index contributed by atoms with van der Waals surface area (Å²) in [5.41, 5.74) is 1.29. The van der Waals surface area contributed by atoms with Crippen molar-refractivity contribution < 1.29 is 21.4 Å². The lowest BCUT2D eigenvalue weighted by atomic mass is 10.1. The van der Waals surface area contributed by atoms with Crippen LogP contribution in [0.3, 0.4) is 0 Å². The van der Waals surface area contributed by atoms with Crippen molar-refractivity contribution in [1.82, 2.24) is 0 Å². The molecular formula is C8H8F3N. The Kier molecular flexibility index (Phi) is 0.827. The predicted molar refractivity (Wildman–Crippen MR) is 40.6 cm³/mol. The maximum absolute atomic E-state index is 12.8. The highest BCUT2D eigenvalue weighted by Crippen LogP contribution is 2.32. The molecule has 12 heavy (non-hydrogen) atoms. The second-order valence-electron chi connectivity index (χ2n) is 2.04. The minimum Gasteiger partial charge on any atom is -0.399 e. The number of benzene rings is 1. The Labute approximate surface area is 76.4 Å². The Balaban J connectivity index is 3.89. The smallest absolute Gasteiger partial charge is 0.399 e. The van der Waals surface area contributed by atoms with Crippen LogP contribution in [0.1, 0.15) is 19.4 Å². The molecule has 0 aromatic heterocycles. The number of nitrogens with two attached hydrogens (primary N) is 1. The Morgan fingerprint density at radius 1 is 1.50 bits per heavy atom. The highest BCUT2D eigenvalue weighted by molar-refractivity contribution is 5.45. The van der Waals surface area contributed by atoms with E-state index in [-0.39, 0.29) is 0 Å². The molecule has 0 saturated carbocycles. The standard InChI is InChI=1S/C8H8F3N/c1-5-4-6(12)2-3-7(5)8(9,10)11/h2-4H,12H2,1H3/i1D3,2D,3D,4D. The summed E-state index contributed by atoms with van der Waals surface area (Å²) in [7, 11) is 0. The van der Waals surface area contributed by atoms with E-state index in [1.54, 1.807) is 0 Å². The zero-order valence-electron chi connectivity index (χ0n) is 11.7. The van der Waals surface area contributed by atoms with Gasteiger partial charge in [0.05, 0.1) is 9.68 Å². The highest BCUT2D eigenvalue weighted by atomic mass is 19.4. The van der Waals surface area contributed by atoms with E-state index in [9.17, 15) is 13.2 Å². The van der Waals surface area contributed by atoms with Gasteiger partial charge in [0.25, 0.3) is 0 Å². The van der Waals surface area contributed by atoms with E-state index < -0.39 is 48.0 Å². The summed E-state index contributed by atoms with van der Waals surface area (Å²) in [5.74, 6) is 0. The van der Waals surface area contributed by atoms with Gasteiger partial charge in [0.2, 0.25) is 0 Å². The van der Waals surface area contributed by atoms with Crippen LogP contribution < -0.4 is 5.73 Å². The van der Waals surface area contributed by atoms with E-state index in [0.29, 0.717) is 0 Å². The molecule has 1 aromatic carbocycles. The largest absolute Gasteiger partial charge is 0.416 e. The molecule has 0 aliphatic rings. The van der Waals surface area contributed by atoms with Crippen LogP contribution in [0, 0.1) is 6.85 Å². The van der Waals surface area contributed by atoms with E-state index in [2.05, 4.69) is 0 Å². The summed E-state index contributed by atoms with van der Waals surface area (Å²) in [6.45, 7) is -3.24. The molecule has 0 radical (unpaired) electrons.